The molecule has 1 N–H and O–H groups in total. The average Bonchev–Trinajstić information content (AvgIpc) is 2.95. The Kier molecular flexibility index (Phi) is 6.05. The molecule has 0 spiro atoms. The number of hydrogen-bond donors (Lipinski definition) is 1. The summed E-state index contributed by atoms with van der Waals surface area (Å²) in [5.74, 6) is 0.0729. The van der Waals surface area contributed by atoms with E-state index < -0.39 is 4.92 Å². The number of carbonyl (C=O) groups is 1. The standard InChI is InChI=1S/C18H22N4O3/c1-13(2)16-7-4-15(5-8-16)6-9-18(23)19-10-11-21-14(3)12-17(20-21)22(24)25/h4-9,12-13H,10-11H2,1-3H3,(H,19,23)/b9-6+. The fourth-order valence-corrected chi connectivity index (χ4v) is 2.32. The highest BCUT2D eigenvalue weighted by molar-refractivity contribution is 5.91. The summed E-state index contributed by atoms with van der Waals surface area (Å²) in [5.41, 5.74) is 2.89. The first kappa shape index (κ1) is 18.4. The molecule has 0 saturated carbocycles. The van der Waals surface area contributed by atoms with Crippen LogP contribution in [-0.4, -0.2) is 27.2 Å². The third kappa shape index (κ3) is 5.27. The molecule has 1 amide bonds. The Morgan fingerprint density at radius 2 is 2.04 bits per heavy atom. The molecule has 1 aromatic carbocycles. The predicted octanol–water partition coefficient (Wildman–Crippen LogP) is 3.05. The molecule has 0 aliphatic heterocycles. The highest BCUT2D eigenvalue weighted by Crippen LogP contribution is 2.15. The first-order chi connectivity index (χ1) is 11.9. The van der Waals surface area contributed by atoms with Crippen LogP contribution < -0.4 is 5.32 Å². The number of carbonyl (C=O) groups excluding carboxylic acids is 1. The molecule has 1 aromatic heterocycles. The van der Waals surface area contributed by atoms with Crippen LogP contribution in [0.4, 0.5) is 5.82 Å². The van der Waals surface area contributed by atoms with Crippen molar-refractivity contribution in [3.63, 3.8) is 0 Å². The Bertz CT molecular complexity index is 776. The van der Waals surface area contributed by atoms with Crippen molar-refractivity contribution in [2.24, 2.45) is 0 Å². The van der Waals surface area contributed by atoms with E-state index in [1.165, 1.54) is 22.4 Å². The normalized spacial score (nSPS) is 11.2. The number of benzene rings is 1. The maximum Gasteiger partial charge on any atom is 0.390 e. The summed E-state index contributed by atoms with van der Waals surface area (Å²) >= 11 is 0. The van der Waals surface area contributed by atoms with Crippen molar-refractivity contribution < 1.29 is 9.72 Å². The number of rotatable bonds is 7. The highest BCUT2D eigenvalue weighted by Gasteiger charge is 2.14. The summed E-state index contributed by atoms with van der Waals surface area (Å²) in [7, 11) is 0. The van der Waals surface area contributed by atoms with Gasteiger partial charge in [0.25, 0.3) is 0 Å². The fourth-order valence-electron chi connectivity index (χ4n) is 2.32. The van der Waals surface area contributed by atoms with Crippen LogP contribution in [0.1, 0.15) is 36.6 Å². The minimum absolute atomic E-state index is 0.187. The van der Waals surface area contributed by atoms with Gasteiger partial charge in [-0.1, -0.05) is 38.1 Å². The molecule has 0 aliphatic carbocycles. The predicted molar refractivity (Wildman–Crippen MR) is 96.2 cm³/mol. The molecule has 0 atom stereocenters. The smallest absolute Gasteiger partial charge is 0.358 e. The van der Waals surface area contributed by atoms with E-state index >= 15 is 0 Å². The lowest BCUT2D eigenvalue weighted by atomic mass is 10.0. The van der Waals surface area contributed by atoms with E-state index in [-0.39, 0.29) is 11.7 Å². The van der Waals surface area contributed by atoms with Gasteiger partial charge in [0, 0.05) is 12.6 Å². The molecule has 2 aromatic rings. The maximum atomic E-state index is 11.8. The van der Waals surface area contributed by atoms with Gasteiger partial charge < -0.3 is 15.4 Å². The SMILES string of the molecule is Cc1cc([N+](=O)[O-])nn1CCNC(=O)/C=C/c1ccc(C(C)C)cc1. The van der Waals surface area contributed by atoms with Crippen LogP contribution in [0.2, 0.25) is 0 Å². The lowest BCUT2D eigenvalue weighted by Gasteiger charge is -2.04. The topological polar surface area (TPSA) is 90.1 Å². The van der Waals surface area contributed by atoms with Gasteiger partial charge in [-0.3, -0.25) is 4.79 Å². The van der Waals surface area contributed by atoms with E-state index in [1.54, 1.807) is 13.0 Å². The Morgan fingerprint density at radius 3 is 2.60 bits per heavy atom. The van der Waals surface area contributed by atoms with E-state index in [4.69, 9.17) is 0 Å². The zero-order valence-corrected chi connectivity index (χ0v) is 14.6. The minimum Gasteiger partial charge on any atom is -0.358 e. The van der Waals surface area contributed by atoms with Crippen LogP contribution in [0.3, 0.4) is 0 Å². The van der Waals surface area contributed by atoms with Crippen molar-refractivity contribution >= 4 is 17.8 Å². The molecule has 0 saturated heterocycles. The van der Waals surface area contributed by atoms with Crippen molar-refractivity contribution in [3.8, 4) is 0 Å². The summed E-state index contributed by atoms with van der Waals surface area (Å²) in [6, 6.07) is 9.46. The lowest BCUT2D eigenvalue weighted by Crippen LogP contribution is -2.26. The minimum atomic E-state index is -0.532. The third-order valence-corrected chi connectivity index (χ3v) is 3.81. The Labute approximate surface area is 146 Å². The molecular formula is C18H22N4O3. The van der Waals surface area contributed by atoms with Gasteiger partial charge in [-0.2, -0.15) is 4.68 Å². The van der Waals surface area contributed by atoms with Gasteiger partial charge in [0.1, 0.15) is 0 Å². The first-order valence-corrected chi connectivity index (χ1v) is 8.11. The maximum absolute atomic E-state index is 11.8. The second kappa shape index (κ2) is 8.23. The number of nitrogens with zero attached hydrogens (tertiary/aromatic N) is 3. The number of nitro groups is 1. The number of aryl methyl sites for hydroxylation is 1. The molecular weight excluding hydrogens is 320 g/mol. The van der Waals surface area contributed by atoms with E-state index in [0.29, 0.717) is 24.7 Å². The van der Waals surface area contributed by atoms with Crippen molar-refractivity contribution in [2.75, 3.05) is 6.54 Å². The quantitative estimate of drug-likeness (QED) is 0.476. The molecule has 0 bridgehead atoms. The molecule has 7 nitrogen and oxygen atoms in total. The molecule has 7 heteroatoms. The van der Waals surface area contributed by atoms with Crippen molar-refractivity contribution in [1.29, 1.82) is 0 Å². The molecule has 0 unspecified atom stereocenters. The second-order valence-corrected chi connectivity index (χ2v) is 6.07. The average molecular weight is 342 g/mol. The zero-order chi connectivity index (χ0) is 18.4. The van der Waals surface area contributed by atoms with Crippen LogP contribution in [0, 0.1) is 17.0 Å². The summed E-state index contributed by atoms with van der Waals surface area (Å²) in [5, 5.41) is 17.3. The monoisotopic (exact) mass is 342 g/mol. The number of nitrogens with one attached hydrogen (secondary N) is 1. The van der Waals surface area contributed by atoms with Gasteiger partial charge in [0.05, 0.1) is 23.4 Å². The van der Waals surface area contributed by atoms with E-state index in [2.05, 4.69) is 36.4 Å². The second-order valence-electron chi connectivity index (χ2n) is 6.07. The van der Waals surface area contributed by atoms with Crippen molar-refractivity contribution in [2.45, 2.75) is 33.2 Å². The Hall–Kier alpha value is -2.96. The summed E-state index contributed by atoms with van der Waals surface area (Å²) in [4.78, 5) is 22.0. The largest absolute Gasteiger partial charge is 0.390 e. The van der Waals surface area contributed by atoms with Gasteiger partial charge in [0.15, 0.2) is 0 Å². The molecule has 2 rings (SSSR count). The molecule has 0 radical (unpaired) electrons. The van der Waals surface area contributed by atoms with Crippen molar-refractivity contribution in [1.82, 2.24) is 15.1 Å². The first-order valence-electron chi connectivity index (χ1n) is 8.11. The molecule has 25 heavy (non-hydrogen) atoms. The van der Waals surface area contributed by atoms with Crippen LogP contribution >= 0.6 is 0 Å². The summed E-state index contributed by atoms with van der Waals surface area (Å²) < 4.78 is 1.51. The lowest BCUT2D eigenvalue weighted by molar-refractivity contribution is -0.389. The molecule has 1 heterocycles. The molecule has 0 fully saturated rings. The third-order valence-electron chi connectivity index (χ3n) is 3.81. The molecule has 132 valence electrons. The summed E-state index contributed by atoms with van der Waals surface area (Å²) in [6.45, 7) is 6.72. The van der Waals surface area contributed by atoms with E-state index in [1.807, 2.05) is 12.1 Å². The van der Waals surface area contributed by atoms with Gasteiger partial charge in [-0.15, -0.1) is 0 Å². The van der Waals surface area contributed by atoms with Crippen LogP contribution in [0.15, 0.2) is 36.4 Å². The van der Waals surface area contributed by atoms with Gasteiger partial charge >= 0.3 is 5.82 Å². The van der Waals surface area contributed by atoms with Crippen molar-refractivity contribution in [3.05, 3.63) is 63.3 Å². The summed E-state index contributed by atoms with van der Waals surface area (Å²) in [6.07, 6.45) is 3.23. The molecule has 0 aliphatic rings. The number of hydrogen-bond acceptors (Lipinski definition) is 4. The zero-order valence-electron chi connectivity index (χ0n) is 14.6. The van der Waals surface area contributed by atoms with Gasteiger partial charge in [0.2, 0.25) is 5.91 Å². The Morgan fingerprint density at radius 1 is 1.36 bits per heavy atom. The van der Waals surface area contributed by atoms with Crippen LogP contribution in [-0.2, 0) is 11.3 Å². The number of amides is 1. The van der Waals surface area contributed by atoms with E-state index in [0.717, 1.165) is 5.56 Å². The van der Waals surface area contributed by atoms with Crippen LogP contribution in [0.25, 0.3) is 6.08 Å². The number of aromatic nitrogens is 2. The Balaban J connectivity index is 1.83. The van der Waals surface area contributed by atoms with Crippen LogP contribution in [0.5, 0.6) is 0 Å². The van der Waals surface area contributed by atoms with Gasteiger partial charge in [-0.25, -0.2) is 0 Å². The fraction of sp³-hybridized carbons (Fsp3) is 0.333. The van der Waals surface area contributed by atoms with Gasteiger partial charge in [-0.05, 0) is 35.0 Å². The highest BCUT2D eigenvalue weighted by atomic mass is 16.6. The van der Waals surface area contributed by atoms with E-state index in [9.17, 15) is 14.9 Å².